The van der Waals surface area contributed by atoms with Crippen molar-refractivity contribution in [3.8, 4) is 0 Å². The fourth-order valence-corrected chi connectivity index (χ4v) is 2.62. The lowest BCUT2D eigenvalue weighted by molar-refractivity contribution is 0.688. The Labute approximate surface area is 78.3 Å². The first kappa shape index (κ1) is 11.0. The maximum atomic E-state index is 6.11. The molecule has 0 aromatic carbocycles. The SMILES string of the molecule is C[Si](C)C(Cl)(Cl)C(C)(C)[Si]. The third kappa shape index (κ3) is 2.26. The lowest BCUT2D eigenvalue weighted by atomic mass is 10.2. The summed E-state index contributed by atoms with van der Waals surface area (Å²) in [6.45, 7) is 8.18. The largest absolute Gasteiger partial charge is 0.107 e. The molecule has 4 heteroatoms. The highest BCUT2D eigenvalue weighted by atomic mass is 35.5. The summed E-state index contributed by atoms with van der Waals surface area (Å²) in [6.07, 6.45) is 0. The lowest BCUT2D eigenvalue weighted by Crippen LogP contribution is -2.40. The van der Waals surface area contributed by atoms with Gasteiger partial charge in [0.1, 0.15) is 3.96 Å². The summed E-state index contributed by atoms with van der Waals surface area (Å²) < 4.78 is -0.603. The average Bonchev–Trinajstić information content (AvgIpc) is 1.62. The van der Waals surface area contributed by atoms with E-state index in [1.54, 1.807) is 0 Å². The molecule has 0 fully saturated rings. The van der Waals surface area contributed by atoms with Crippen molar-refractivity contribution in [3.63, 3.8) is 0 Å². The molecule has 0 heterocycles. The van der Waals surface area contributed by atoms with E-state index in [2.05, 4.69) is 23.3 Å². The van der Waals surface area contributed by atoms with Gasteiger partial charge in [0.05, 0.1) is 8.80 Å². The van der Waals surface area contributed by atoms with Crippen LogP contribution >= 0.6 is 23.2 Å². The highest BCUT2D eigenvalue weighted by Gasteiger charge is 2.41. The predicted octanol–water partition coefficient (Wildman–Crippen LogP) is 2.82. The van der Waals surface area contributed by atoms with Crippen molar-refractivity contribution < 1.29 is 0 Å². The molecule has 58 valence electrons. The van der Waals surface area contributed by atoms with Gasteiger partial charge in [0.2, 0.25) is 0 Å². The molecule has 0 aliphatic rings. The molecule has 0 aromatic heterocycles. The molecule has 0 aliphatic carbocycles. The zero-order valence-corrected chi connectivity index (χ0v) is 10.3. The highest BCUT2D eigenvalue weighted by Crippen LogP contribution is 2.45. The van der Waals surface area contributed by atoms with Gasteiger partial charge in [0.25, 0.3) is 0 Å². The van der Waals surface area contributed by atoms with Crippen molar-refractivity contribution in [1.82, 2.24) is 0 Å². The summed E-state index contributed by atoms with van der Waals surface area (Å²) in [5.41, 5.74) is 0. The number of hydrogen-bond donors (Lipinski definition) is 0. The first-order valence-electron chi connectivity index (χ1n) is 3.13. The van der Waals surface area contributed by atoms with E-state index in [0.29, 0.717) is 0 Å². The first-order chi connectivity index (χ1) is 4.19. The average molecular weight is 211 g/mol. The molecule has 0 spiro atoms. The van der Waals surface area contributed by atoms with Gasteiger partial charge >= 0.3 is 0 Å². The molecular weight excluding hydrogens is 199 g/mol. The molecular formula is C6H12Cl2Si2. The van der Waals surface area contributed by atoms with Crippen molar-refractivity contribution in [2.45, 2.75) is 35.9 Å². The van der Waals surface area contributed by atoms with Crippen molar-refractivity contribution in [3.05, 3.63) is 0 Å². The zero-order chi connectivity index (χ0) is 8.58. The minimum absolute atomic E-state index is 0.200. The van der Waals surface area contributed by atoms with E-state index in [0.717, 1.165) is 0 Å². The third-order valence-electron chi connectivity index (χ3n) is 1.41. The third-order valence-corrected chi connectivity index (χ3v) is 7.45. The van der Waals surface area contributed by atoms with Crippen LogP contribution in [0.3, 0.4) is 0 Å². The fraction of sp³-hybridized carbons (Fsp3) is 1.00. The highest BCUT2D eigenvalue weighted by molar-refractivity contribution is 6.83. The maximum Gasteiger partial charge on any atom is 0.107 e. The Morgan fingerprint density at radius 3 is 1.50 bits per heavy atom. The molecule has 0 unspecified atom stereocenters. The van der Waals surface area contributed by atoms with E-state index in [-0.39, 0.29) is 5.04 Å². The quantitative estimate of drug-likeness (QED) is 0.486. The molecule has 10 heavy (non-hydrogen) atoms. The van der Waals surface area contributed by atoms with Crippen molar-refractivity contribution >= 4 is 42.2 Å². The van der Waals surface area contributed by atoms with Gasteiger partial charge in [-0.05, 0) is 5.04 Å². The number of alkyl halides is 2. The molecule has 0 rings (SSSR count). The van der Waals surface area contributed by atoms with Crippen LogP contribution in [0, 0.1) is 0 Å². The van der Waals surface area contributed by atoms with Crippen LogP contribution < -0.4 is 0 Å². The van der Waals surface area contributed by atoms with Crippen LogP contribution in [0.4, 0.5) is 0 Å². The van der Waals surface area contributed by atoms with Gasteiger partial charge < -0.3 is 0 Å². The molecule has 0 saturated carbocycles. The molecule has 0 N–H and O–H groups in total. The minimum Gasteiger partial charge on any atom is -0.106 e. The topological polar surface area (TPSA) is 0 Å². The van der Waals surface area contributed by atoms with Crippen LogP contribution in [0.25, 0.3) is 0 Å². The molecule has 0 aliphatic heterocycles. The maximum absolute atomic E-state index is 6.11. The monoisotopic (exact) mass is 210 g/mol. The summed E-state index contributed by atoms with van der Waals surface area (Å²) in [5, 5.41) is -0.200. The van der Waals surface area contributed by atoms with Crippen LogP contribution in [0.5, 0.6) is 0 Å². The zero-order valence-electron chi connectivity index (χ0n) is 6.76. The second kappa shape index (κ2) is 3.17. The van der Waals surface area contributed by atoms with Gasteiger partial charge in [-0.2, -0.15) is 0 Å². The van der Waals surface area contributed by atoms with Gasteiger partial charge in [0.15, 0.2) is 0 Å². The second-order valence-electron chi connectivity index (χ2n) is 3.20. The smallest absolute Gasteiger partial charge is 0.106 e. The van der Waals surface area contributed by atoms with Gasteiger partial charge in [-0.3, -0.25) is 0 Å². The van der Waals surface area contributed by atoms with Crippen LogP contribution in [0.15, 0.2) is 0 Å². The normalized spacial score (nSPS) is 14.4. The lowest BCUT2D eigenvalue weighted by Gasteiger charge is -2.36. The van der Waals surface area contributed by atoms with Crippen molar-refractivity contribution in [2.24, 2.45) is 0 Å². The van der Waals surface area contributed by atoms with E-state index >= 15 is 0 Å². The van der Waals surface area contributed by atoms with Crippen molar-refractivity contribution in [2.75, 3.05) is 0 Å². The standard InChI is InChI=1S/C6H12Cl2Si2/c1-5(2,9)6(7,8)10(3)4/h1-4H3. The first-order valence-corrected chi connectivity index (χ1v) is 6.88. The van der Waals surface area contributed by atoms with Crippen LogP contribution in [-0.2, 0) is 0 Å². The van der Waals surface area contributed by atoms with Crippen LogP contribution in [0.2, 0.25) is 18.1 Å². The minimum atomic E-state index is -0.686. The second-order valence-corrected chi connectivity index (χ2v) is 9.16. The summed E-state index contributed by atoms with van der Waals surface area (Å²) in [7, 11) is 2.83. The Balaban J connectivity index is 4.40. The molecule has 4 radical (unpaired) electrons. The van der Waals surface area contributed by atoms with Crippen LogP contribution in [0.1, 0.15) is 13.8 Å². The summed E-state index contributed by atoms with van der Waals surface area (Å²) >= 11 is 12.2. The van der Waals surface area contributed by atoms with E-state index in [1.807, 2.05) is 13.8 Å². The van der Waals surface area contributed by atoms with Gasteiger partial charge in [-0.15, -0.1) is 23.2 Å². The molecule has 0 amide bonds. The Kier molecular flexibility index (Phi) is 3.49. The van der Waals surface area contributed by atoms with Gasteiger partial charge in [-0.25, -0.2) is 0 Å². The molecule has 0 bridgehead atoms. The molecule has 0 atom stereocenters. The molecule has 0 nitrogen and oxygen atoms in total. The Morgan fingerprint density at radius 1 is 1.20 bits per heavy atom. The number of rotatable bonds is 2. The Bertz CT molecular complexity index is 115. The molecule has 0 saturated heterocycles. The van der Waals surface area contributed by atoms with Gasteiger partial charge in [-0.1, -0.05) is 26.9 Å². The van der Waals surface area contributed by atoms with E-state index in [4.69, 9.17) is 23.2 Å². The molecule has 0 aromatic rings. The van der Waals surface area contributed by atoms with E-state index in [9.17, 15) is 0 Å². The van der Waals surface area contributed by atoms with E-state index < -0.39 is 12.8 Å². The van der Waals surface area contributed by atoms with Gasteiger partial charge in [0, 0.05) is 10.2 Å². The summed E-state index contributed by atoms with van der Waals surface area (Å²) in [4.78, 5) is 0. The van der Waals surface area contributed by atoms with Crippen LogP contribution in [-0.4, -0.2) is 23.0 Å². The predicted molar refractivity (Wildman–Crippen MR) is 51.7 cm³/mol. The van der Waals surface area contributed by atoms with E-state index in [1.165, 1.54) is 0 Å². The summed E-state index contributed by atoms with van der Waals surface area (Å²) in [5.74, 6) is 0. The number of halogens is 2. The summed E-state index contributed by atoms with van der Waals surface area (Å²) in [6, 6.07) is 0. The Hall–Kier alpha value is 1.01. The van der Waals surface area contributed by atoms with Crippen molar-refractivity contribution in [1.29, 1.82) is 0 Å². The number of hydrogen-bond acceptors (Lipinski definition) is 0. The Morgan fingerprint density at radius 2 is 1.50 bits per heavy atom. The fourth-order valence-electron chi connectivity index (χ4n) is 0.625.